The Morgan fingerprint density at radius 3 is 2.33 bits per heavy atom. The van der Waals surface area contributed by atoms with E-state index in [0.29, 0.717) is 16.1 Å². The second-order valence-electron chi connectivity index (χ2n) is 4.78. The number of nitrogens with zero attached hydrogens (tertiary/aromatic N) is 2. The molecule has 3 nitrogen and oxygen atoms in total. The quantitative estimate of drug-likeness (QED) is 0.407. The van der Waals surface area contributed by atoms with E-state index in [1.54, 1.807) is 42.7 Å². The van der Waals surface area contributed by atoms with Crippen LogP contribution in [0.3, 0.4) is 0 Å². The van der Waals surface area contributed by atoms with Crippen molar-refractivity contribution in [3.8, 4) is 0 Å². The summed E-state index contributed by atoms with van der Waals surface area (Å²) in [6, 6.07) is 12.7. The first-order valence-electron chi connectivity index (χ1n) is 7.81. The minimum Gasteiger partial charge on any atom is -0.309 e. The molecule has 0 bridgehead atoms. The van der Waals surface area contributed by atoms with E-state index >= 15 is 0 Å². The molecule has 0 spiro atoms. The van der Waals surface area contributed by atoms with Crippen LogP contribution in [-0.4, -0.2) is 19.2 Å². The van der Waals surface area contributed by atoms with Crippen LogP contribution in [-0.2, 0) is 0 Å². The Balaban J connectivity index is 0.00000139. The van der Waals surface area contributed by atoms with Gasteiger partial charge in [-0.3, -0.25) is 9.79 Å². The van der Waals surface area contributed by atoms with Crippen LogP contribution in [0.2, 0.25) is 5.02 Å². The molecule has 0 saturated heterocycles. The molecule has 0 heterocycles. The second-order valence-corrected chi connectivity index (χ2v) is 5.15. The lowest BCUT2D eigenvalue weighted by molar-refractivity contribution is 0.103. The number of aryl methyl sites for hydroxylation is 1. The molecule has 126 valence electrons. The van der Waals surface area contributed by atoms with Gasteiger partial charge < -0.3 is 4.90 Å². The van der Waals surface area contributed by atoms with Gasteiger partial charge in [0.1, 0.15) is 0 Å². The normalized spacial score (nSPS) is 10.0. The monoisotopic (exact) mass is 342 g/mol. The lowest BCUT2D eigenvalue weighted by Gasteiger charge is -2.14. The Morgan fingerprint density at radius 2 is 1.79 bits per heavy atom. The lowest BCUT2D eigenvalue weighted by atomic mass is 10.0. The Hall–Kier alpha value is -2.39. The van der Waals surface area contributed by atoms with Gasteiger partial charge >= 0.3 is 0 Å². The highest BCUT2D eigenvalue weighted by Gasteiger charge is 2.14. The Morgan fingerprint density at radius 1 is 1.17 bits per heavy atom. The zero-order chi connectivity index (χ0) is 18.1. The summed E-state index contributed by atoms with van der Waals surface area (Å²) in [5.41, 5.74) is 2.88. The summed E-state index contributed by atoms with van der Waals surface area (Å²) in [5, 5.41) is 0.502. The Kier molecular flexibility index (Phi) is 7.93. The third-order valence-electron chi connectivity index (χ3n) is 3.30. The SMILES string of the molecule is C=CN(C=NC)c1ccc(C(=O)c2cccc(C)c2Cl)cc1.CC. The highest BCUT2D eigenvalue weighted by atomic mass is 35.5. The summed E-state index contributed by atoms with van der Waals surface area (Å²) in [6.45, 7) is 9.62. The van der Waals surface area contributed by atoms with Crippen LogP contribution in [0.15, 0.2) is 60.2 Å². The summed E-state index contributed by atoms with van der Waals surface area (Å²) in [6.07, 6.45) is 3.31. The number of aliphatic imine (C=N–C) groups is 1. The molecule has 0 unspecified atom stereocenters. The van der Waals surface area contributed by atoms with Crippen molar-refractivity contribution < 1.29 is 4.79 Å². The fraction of sp³-hybridized carbons (Fsp3) is 0.200. The van der Waals surface area contributed by atoms with Crippen molar-refractivity contribution >= 4 is 29.4 Å². The van der Waals surface area contributed by atoms with Gasteiger partial charge in [0.2, 0.25) is 0 Å². The maximum Gasteiger partial charge on any atom is 0.194 e. The first-order chi connectivity index (χ1) is 11.6. The highest BCUT2D eigenvalue weighted by molar-refractivity contribution is 6.35. The summed E-state index contributed by atoms with van der Waals surface area (Å²) < 4.78 is 0. The summed E-state index contributed by atoms with van der Waals surface area (Å²) in [4.78, 5) is 18.3. The van der Waals surface area contributed by atoms with E-state index < -0.39 is 0 Å². The molecule has 0 aliphatic rings. The number of carbonyl (C=O) groups excluding carboxylic acids is 1. The molecule has 2 aromatic rings. The topological polar surface area (TPSA) is 32.7 Å². The fourth-order valence-corrected chi connectivity index (χ4v) is 2.32. The molecular formula is C20H23ClN2O. The maximum atomic E-state index is 12.6. The van der Waals surface area contributed by atoms with Gasteiger partial charge in [-0.05, 0) is 42.8 Å². The predicted octanol–water partition coefficient (Wildman–Crippen LogP) is 5.51. The zero-order valence-electron chi connectivity index (χ0n) is 14.6. The second kappa shape index (κ2) is 9.68. The summed E-state index contributed by atoms with van der Waals surface area (Å²) in [7, 11) is 1.69. The third-order valence-corrected chi connectivity index (χ3v) is 3.80. The largest absolute Gasteiger partial charge is 0.309 e. The molecule has 4 heteroatoms. The van der Waals surface area contributed by atoms with E-state index in [4.69, 9.17) is 11.6 Å². The van der Waals surface area contributed by atoms with Crippen molar-refractivity contribution in [2.24, 2.45) is 4.99 Å². The van der Waals surface area contributed by atoms with Crippen molar-refractivity contribution in [2.75, 3.05) is 11.9 Å². The van der Waals surface area contributed by atoms with Crippen LogP contribution in [0.5, 0.6) is 0 Å². The lowest BCUT2D eigenvalue weighted by Crippen LogP contribution is -2.12. The number of rotatable bonds is 5. The Labute approximate surface area is 149 Å². The van der Waals surface area contributed by atoms with Gasteiger partial charge in [0, 0.05) is 30.1 Å². The standard InChI is InChI=1S/C18H17ClN2O.C2H6/c1-4-21(12-20-3)15-10-8-14(9-11-15)18(22)16-7-5-6-13(2)17(16)19;1-2/h4-12H,1H2,2-3H3;1-2H3. The molecule has 0 saturated carbocycles. The number of benzene rings is 2. The smallest absolute Gasteiger partial charge is 0.194 e. The first-order valence-corrected chi connectivity index (χ1v) is 8.19. The van der Waals surface area contributed by atoms with Crippen molar-refractivity contribution in [3.05, 3.63) is 77.0 Å². The zero-order valence-corrected chi connectivity index (χ0v) is 15.3. The summed E-state index contributed by atoms with van der Waals surface area (Å²) >= 11 is 6.22. The number of ketones is 1. The molecule has 0 N–H and O–H groups in total. The van der Waals surface area contributed by atoms with Crippen molar-refractivity contribution in [3.63, 3.8) is 0 Å². The molecule has 2 aromatic carbocycles. The van der Waals surface area contributed by atoms with Crippen LogP contribution in [0.25, 0.3) is 0 Å². The Bertz CT molecular complexity index is 721. The van der Waals surface area contributed by atoms with E-state index in [1.165, 1.54) is 0 Å². The maximum absolute atomic E-state index is 12.6. The average molecular weight is 343 g/mol. The van der Waals surface area contributed by atoms with E-state index in [9.17, 15) is 4.79 Å². The number of hydrogen-bond donors (Lipinski definition) is 0. The molecule has 0 radical (unpaired) electrons. The van der Waals surface area contributed by atoms with E-state index in [1.807, 2.05) is 45.0 Å². The van der Waals surface area contributed by atoms with E-state index in [0.717, 1.165) is 11.3 Å². The van der Waals surface area contributed by atoms with Gasteiger partial charge in [0.15, 0.2) is 5.78 Å². The molecule has 0 amide bonds. The average Bonchev–Trinajstić information content (AvgIpc) is 2.63. The van der Waals surface area contributed by atoms with Gasteiger partial charge in [-0.25, -0.2) is 0 Å². The van der Waals surface area contributed by atoms with Crippen LogP contribution < -0.4 is 4.90 Å². The molecule has 0 aliphatic carbocycles. The van der Waals surface area contributed by atoms with Crippen molar-refractivity contribution in [1.29, 1.82) is 0 Å². The number of halogens is 1. The molecular weight excluding hydrogens is 320 g/mol. The van der Waals surface area contributed by atoms with Crippen LogP contribution in [0.4, 0.5) is 5.69 Å². The van der Waals surface area contributed by atoms with E-state index in [2.05, 4.69) is 11.6 Å². The molecule has 24 heavy (non-hydrogen) atoms. The summed E-state index contributed by atoms with van der Waals surface area (Å²) in [5.74, 6) is -0.0884. The minimum atomic E-state index is -0.0884. The minimum absolute atomic E-state index is 0.0884. The number of carbonyl (C=O) groups is 1. The fourth-order valence-electron chi connectivity index (χ4n) is 2.11. The molecule has 0 atom stereocenters. The molecule has 0 aliphatic heterocycles. The van der Waals surface area contributed by atoms with Gasteiger partial charge in [0.25, 0.3) is 0 Å². The van der Waals surface area contributed by atoms with Crippen molar-refractivity contribution in [1.82, 2.24) is 0 Å². The van der Waals surface area contributed by atoms with Crippen LogP contribution in [0.1, 0.15) is 35.3 Å². The number of hydrogen-bond acceptors (Lipinski definition) is 2. The first kappa shape index (κ1) is 19.7. The van der Waals surface area contributed by atoms with Gasteiger partial charge in [-0.1, -0.05) is 44.2 Å². The van der Waals surface area contributed by atoms with Crippen LogP contribution in [0, 0.1) is 6.92 Å². The molecule has 0 fully saturated rings. The van der Waals surface area contributed by atoms with E-state index in [-0.39, 0.29) is 5.78 Å². The number of anilines is 1. The van der Waals surface area contributed by atoms with Gasteiger partial charge in [0.05, 0.1) is 11.4 Å². The molecule has 2 rings (SSSR count). The molecule has 0 aromatic heterocycles. The van der Waals surface area contributed by atoms with Crippen molar-refractivity contribution in [2.45, 2.75) is 20.8 Å². The van der Waals surface area contributed by atoms with Crippen LogP contribution >= 0.6 is 11.6 Å². The highest BCUT2D eigenvalue weighted by Crippen LogP contribution is 2.24. The van der Waals surface area contributed by atoms with Gasteiger partial charge in [-0.15, -0.1) is 0 Å². The third kappa shape index (κ3) is 4.56. The van der Waals surface area contributed by atoms with Gasteiger partial charge in [-0.2, -0.15) is 0 Å². The predicted molar refractivity (Wildman–Crippen MR) is 105 cm³/mol.